The van der Waals surface area contributed by atoms with E-state index >= 15 is 0 Å². The number of amides is 2. The normalized spacial score (nSPS) is 11.5. The first-order valence-corrected chi connectivity index (χ1v) is 11.4. The summed E-state index contributed by atoms with van der Waals surface area (Å²) in [6.45, 7) is 5.68. The van der Waals surface area contributed by atoms with Crippen LogP contribution in [0.4, 0.5) is 21.9 Å². The van der Waals surface area contributed by atoms with E-state index in [-0.39, 0.29) is 5.69 Å². The number of aromatic nitrogens is 1. The van der Waals surface area contributed by atoms with E-state index in [0.717, 1.165) is 11.1 Å². The Balaban J connectivity index is 1.52. The highest BCUT2D eigenvalue weighted by atomic mass is 32.2. The van der Waals surface area contributed by atoms with Gasteiger partial charge in [0, 0.05) is 17.9 Å². The van der Waals surface area contributed by atoms with Gasteiger partial charge in [-0.3, -0.25) is 19.8 Å². The summed E-state index contributed by atoms with van der Waals surface area (Å²) >= 11 is 0. The monoisotopic (exact) mass is 467 g/mol. The van der Waals surface area contributed by atoms with Crippen LogP contribution >= 0.6 is 0 Å². The fourth-order valence-corrected chi connectivity index (χ4v) is 3.96. The van der Waals surface area contributed by atoms with Crippen LogP contribution in [0.15, 0.2) is 59.5 Å². The minimum atomic E-state index is -1.62. The van der Waals surface area contributed by atoms with Crippen LogP contribution in [0.1, 0.15) is 22.5 Å². The first-order valence-electron chi connectivity index (χ1n) is 10.2. The van der Waals surface area contributed by atoms with Gasteiger partial charge in [0.05, 0.1) is 9.82 Å². The van der Waals surface area contributed by atoms with Crippen molar-refractivity contribution in [2.45, 2.75) is 32.1 Å². The number of hydrogen-bond acceptors (Lipinski definition) is 6. The van der Waals surface area contributed by atoms with Gasteiger partial charge < -0.3 is 10.6 Å². The maximum Gasteiger partial charge on any atom is 0.326 e. The number of carbonyl (C=O) groups excluding carboxylic acids is 1. The number of nitrogens with one attached hydrogen (secondary N) is 3. The van der Waals surface area contributed by atoms with Crippen molar-refractivity contribution in [3.8, 4) is 0 Å². The van der Waals surface area contributed by atoms with Crippen molar-refractivity contribution in [3.63, 3.8) is 0 Å². The molecule has 9 nitrogen and oxygen atoms in total. The van der Waals surface area contributed by atoms with Crippen molar-refractivity contribution < 1.29 is 13.9 Å². The van der Waals surface area contributed by atoms with Crippen LogP contribution in [-0.2, 0) is 17.4 Å². The van der Waals surface area contributed by atoms with Crippen LogP contribution in [0.5, 0.6) is 0 Å². The van der Waals surface area contributed by atoms with E-state index in [2.05, 4.69) is 20.3 Å². The maximum absolute atomic E-state index is 12.2. The standard InChI is InChI=1S/C23H25N5O4S/c1-15-4-10-20(11-5-15)33(32)27-23(29)24-13-12-18-6-8-19(9-7-18)26-21-14-16(2)25-17(3)22(21)28(30)31/h4-11,14H,12-13H2,1-3H3,(H,25,26)(H2,24,27,29). The molecule has 0 spiro atoms. The van der Waals surface area contributed by atoms with Gasteiger partial charge in [-0.15, -0.1) is 0 Å². The van der Waals surface area contributed by atoms with Gasteiger partial charge in [-0.25, -0.2) is 9.00 Å². The number of benzene rings is 2. The average Bonchev–Trinajstić information content (AvgIpc) is 2.74. The average molecular weight is 468 g/mol. The summed E-state index contributed by atoms with van der Waals surface area (Å²) in [7, 11) is -1.62. The van der Waals surface area contributed by atoms with Gasteiger partial charge in [0.1, 0.15) is 11.4 Å². The Morgan fingerprint density at radius 1 is 1.06 bits per heavy atom. The molecule has 1 aromatic heterocycles. The predicted molar refractivity (Wildman–Crippen MR) is 128 cm³/mol. The molecule has 2 amide bonds. The number of carbonyl (C=O) groups is 1. The molecule has 0 radical (unpaired) electrons. The molecule has 1 unspecified atom stereocenters. The second-order valence-corrected chi connectivity index (χ2v) is 8.73. The highest BCUT2D eigenvalue weighted by molar-refractivity contribution is 7.83. The molecule has 10 heteroatoms. The fraction of sp³-hybridized carbons (Fsp3) is 0.217. The van der Waals surface area contributed by atoms with E-state index in [4.69, 9.17) is 0 Å². The number of aryl methyl sites for hydroxylation is 3. The van der Waals surface area contributed by atoms with E-state index in [9.17, 15) is 19.1 Å². The summed E-state index contributed by atoms with van der Waals surface area (Å²) in [5, 5.41) is 17.2. The summed E-state index contributed by atoms with van der Waals surface area (Å²) in [5.41, 5.74) is 4.09. The predicted octanol–water partition coefficient (Wildman–Crippen LogP) is 4.22. The summed E-state index contributed by atoms with van der Waals surface area (Å²) in [6.07, 6.45) is 0.568. The van der Waals surface area contributed by atoms with Crippen LogP contribution in [0, 0.1) is 30.9 Å². The Kier molecular flexibility index (Phi) is 7.73. The van der Waals surface area contributed by atoms with E-state index in [1.807, 2.05) is 43.3 Å². The minimum Gasteiger partial charge on any atom is -0.350 e. The molecule has 0 aliphatic heterocycles. The third-order valence-corrected chi connectivity index (χ3v) is 5.90. The quantitative estimate of drug-likeness (QED) is 0.336. The van der Waals surface area contributed by atoms with Gasteiger partial charge >= 0.3 is 11.7 Å². The van der Waals surface area contributed by atoms with Crippen LogP contribution in [0.3, 0.4) is 0 Å². The van der Waals surface area contributed by atoms with E-state index < -0.39 is 21.9 Å². The Bertz CT molecular complexity index is 1180. The number of anilines is 2. The summed E-state index contributed by atoms with van der Waals surface area (Å²) < 4.78 is 14.6. The van der Waals surface area contributed by atoms with Crippen molar-refractivity contribution in [1.29, 1.82) is 0 Å². The number of nitro groups is 1. The highest BCUT2D eigenvalue weighted by Gasteiger charge is 2.19. The van der Waals surface area contributed by atoms with Crippen LogP contribution < -0.4 is 15.4 Å². The SMILES string of the molecule is Cc1ccc(S(=O)NC(=O)NCCc2ccc(Nc3cc(C)nc(C)c3[N+](=O)[O-])cc2)cc1. The van der Waals surface area contributed by atoms with Gasteiger partial charge in [0.2, 0.25) is 0 Å². The number of rotatable bonds is 8. The lowest BCUT2D eigenvalue weighted by Crippen LogP contribution is -2.37. The van der Waals surface area contributed by atoms with Crippen molar-refractivity contribution in [3.05, 3.63) is 87.2 Å². The molecule has 0 fully saturated rings. The molecule has 0 bridgehead atoms. The molecule has 0 aliphatic carbocycles. The number of hydrogen-bond donors (Lipinski definition) is 3. The Hall–Kier alpha value is -3.79. The van der Waals surface area contributed by atoms with Crippen molar-refractivity contribution >= 4 is 34.1 Å². The third-order valence-electron chi connectivity index (χ3n) is 4.83. The Labute approximate surface area is 194 Å². The van der Waals surface area contributed by atoms with Crippen LogP contribution in [0.25, 0.3) is 0 Å². The Morgan fingerprint density at radius 3 is 2.36 bits per heavy atom. The number of nitrogens with zero attached hydrogens (tertiary/aromatic N) is 2. The molecule has 3 N–H and O–H groups in total. The summed E-state index contributed by atoms with van der Waals surface area (Å²) in [5.74, 6) is 0. The molecular weight excluding hydrogens is 442 g/mol. The third kappa shape index (κ3) is 6.59. The van der Waals surface area contributed by atoms with Gasteiger partial charge in [0.15, 0.2) is 11.0 Å². The fourth-order valence-electron chi connectivity index (χ4n) is 3.22. The van der Waals surface area contributed by atoms with Gasteiger partial charge in [-0.2, -0.15) is 0 Å². The number of pyridine rings is 1. The molecule has 0 saturated carbocycles. The van der Waals surface area contributed by atoms with Crippen molar-refractivity contribution in [1.82, 2.24) is 15.0 Å². The van der Waals surface area contributed by atoms with E-state index in [1.54, 1.807) is 32.0 Å². The zero-order valence-electron chi connectivity index (χ0n) is 18.5. The zero-order valence-corrected chi connectivity index (χ0v) is 19.4. The minimum absolute atomic E-state index is 0.0529. The molecule has 1 atom stereocenters. The topological polar surface area (TPSA) is 126 Å². The van der Waals surface area contributed by atoms with E-state index in [1.165, 1.54) is 0 Å². The van der Waals surface area contributed by atoms with Crippen LogP contribution in [0.2, 0.25) is 0 Å². The summed E-state index contributed by atoms with van der Waals surface area (Å²) in [4.78, 5) is 27.6. The smallest absolute Gasteiger partial charge is 0.326 e. The molecule has 0 saturated heterocycles. The second kappa shape index (κ2) is 10.7. The highest BCUT2D eigenvalue weighted by Crippen LogP contribution is 2.30. The zero-order chi connectivity index (χ0) is 24.0. The first kappa shape index (κ1) is 23.9. The molecule has 2 aromatic carbocycles. The molecule has 3 rings (SSSR count). The van der Waals surface area contributed by atoms with Gasteiger partial charge in [0.25, 0.3) is 0 Å². The van der Waals surface area contributed by atoms with Crippen LogP contribution in [-0.4, -0.2) is 26.7 Å². The van der Waals surface area contributed by atoms with Gasteiger partial charge in [-0.05, 0) is 63.1 Å². The molecule has 0 aliphatic rings. The maximum atomic E-state index is 12.2. The van der Waals surface area contributed by atoms with Gasteiger partial charge in [-0.1, -0.05) is 29.8 Å². The molecule has 172 valence electrons. The Morgan fingerprint density at radius 2 is 1.73 bits per heavy atom. The largest absolute Gasteiger partial charge is 0.350 e. The molecular formula is C23H25N5O4S. The molecule has 33 heavy (non-hydrogen) atoms. The summed E-state index contributed by atoms with van der Waals surface area (Å²) in [6, 6.07) is 15.6. The number of urea groups is 1. The lowest BCUT2D eigenvalue weighted by atomic mass is 10.1. The van der Waals surface area contributed by atoms with Crippen molar-refractivity contribution in [2.75, 3.05) is 11.9 Å². The second-order valence-electron chi connectivity index (χ2n) is 7.51. The first-order chi connectivity index (χ1) is 15.7. The lowest BCUT2D eigenvalue weighted by molar-refractivity contribution is -0.384. The molecule has 1 heterocycles. The van der Waals surface area contributed by atoms with E-state index in [0.29, 0.717) is 40.6 Å². The lowest BCUT2D eigenvalue weighted by Gasteiger charge is -2.11. The molecule has 3 aromatic rings. The van der Waals surface area contributed by atoms with Crippen molar-refractivity contribution in [2.24, 2.45) is 0 Å².